The van der Waals surface area contributed by atoms with Crippen LogP contribution in [0.3, 0.4) is 0 Å². The summed E-state index contributed by atoms with van der Waals surface area (Å²) in [7, 11) is 0. The molecule has 18 heavy (non-hydrogen) atoms. The Balaban J connectivity index is 2.06. The molecule has 0 nitrogen and oxygen atoms in total. The van der Waals surface area contributed by atoms with E-state index in [0.717, 1.165) is 12.3 Å². The molecule has 1 fully saturated rings. The molecule has 1 aromatic rings. The van der Waals surface area contributed by atoms with Gasteiger partial charge >= 0.3 is 0 Å². The van der Waals surface area contributed by atoms with E-state index in [1.807, 2.05) is 0 Å². The first-order valence-electron chi connectivity index (χ1n) is 7.29. The number of halogens is 1. The fourth-order valence-corrected chi connectivity index (χ4v) is 3.71. The summed E-state index contributed by atoms with van der Waals surface area (Å²) in [4.78, 5) is 0. The fraction of sp³-hybridized carbons (Fsp3) is 0.647. The van der Waals surface area contributed by atoms with Crippen LogP contribution in [0.1, 0.15) is 49.3 Å². The maximum absolute atomic E-state index is 6.53. The van der Waals surface area contributed by atoms with Gasteiger partial charge in [0.25, 0.3) is 0 Å². The Kier molecular flexibility index (Phi) is 4.72. The van der Waals surface area contributed by atoms with E-state index < -0.39 is 0 Å². The number of rotatable bonds is 3. The summed E-state index contributed by atoms with van der Waals surface area (Å²) < 4.78 is 0. The van der Waals surface area contributed by atoms with Crippen molar-refractivity contribution in [3.05, 3.63) is 34.9 Å². The molecule has 0 amide bonds. The smallest absolute Gasteiger partial charge is 0.0367 e. The molecule has 1 aliphatic carbocycles. The maximum atomic E-state index is 6.53. The van der Waals surface area contributed by atoms with Gasteiger partial charge in [-0.2, -0.15) is 0 Å². The number of hydrogen-bond donors (Lipinski definition) is 0. The summed E-state index contributed by atoms with van der Waals surface area (Å²) in [6.45, 7) is 6.68. The van der Waals surface area contributed by atoms with Crippen LogP contribution in [0.25, 0.3) is 0 Å². The highest BCUT2D eigenvalue weighted by molar-refractivity contribution is 6.20. The van der Waals surface area contributed by atoms with E-state index in [2.05, 4.69) is 39.0 Å². The third-order valence-corrected chi connectivity index (χ3v) is 4.93. The van der Waals surface area contributed by atoms with Crippen LogP contribution >= 0.6 is 11.6 Å². The lowest BCUT2D eigenvalue weighted by Gasteiger charge is -2.32. The van der Waals surface area contributed by atoms with Gasteiger partial charge in [-0.15, -0.1) is 11.6 Å². The minimum Gasteiger partial charge on any atom is -0.123 e. The second-order valence-electron chi connectivity index (χ2n) is 6.06. The van der Waals surface area contributed by atoms with Crippen LogP contribution in [-0.2, 0) is 6.42 Å². The van der Waals surface area contributed by atoms with Gasteiger partial charge < -0.3 is 0 Å². The highest BCUT2D eigenvalue weighted by Crippen LogP contribution is 2.36. The Morgan fingerprint density at radius 1 is 1.11 bits per heavy atom. The second kappa shape index (κ2) is 6.10. The first-order valence-corrected chi connectivity index (χ1v) is 7.73. The molecule has 0 heterocycles. The predicted octanol–water partition coefficient (Wildman–Crippen LogP) is 5.28. The normalized spacial score (nSPS) is 28.3. The van der Waals surface area contributed by atoms with Crippen LogP contribution in [-0.4, -0.2) is 5.38 Å². The maximum Gasteiger partial charge on any atom is 0.0367 e. The SMILES string of the molecule is CCC1CCC(Cl)C(Cc2cc(C)cc(C)c2)C1. The molecule has 0 saturated heterocycles. The summed E-state index contributed by atoms with van der Waals surface area (Å²) in [5, 5.41) is 0.383. The Morgan fingerprint density at radius 3 is 2.39 bits per heavy atom. The van der Waals surface area contributed by atoms with Crippen molar-refractivity contribution in [2.45, 2.75) is 58.3 Å². The van der Waals surface area contributed by atoms with E-state index >= 15 is 0 Å². The molecule has 0 aliphatic heterocycles. The van der Waals surface area contributed by atoms with Gasteiger partial charge in [0.1, 0.15) is 0 Å². The minimum atomic E-state index is 0.383. The molecule has 100 valence electrons. The third kappa shape index (κ3) is 3.51. The van der Waals surface area contributed by atoms with Gasteiger partial charge in [0.15, 0.2) is 0 Å². The first-order chi connectivity index (χ1) is 8.58. The summed E-state index contributed by atoms with van der Waals surface area (Å²) in [5.41, 5.74) is 4.22. The zero-order chi connectivity index (χ0) is 13.1. The molecule has 0 radical (unpaired) electrons. The molecule has 1 saturated carbocycles. The molecule has 0 spiro atoms. The van der Waals surface area contributed by atoms with Gasteiger partial charge in [-0.1, -0.05) is 42.7 Å². The van der Waals surface area contributed by atoms with E-state index in [9.17, 15) is 0 Å². The average Bonchev–Trinajstić information content (AvgIpc) is 2.30. The molecule has 1 heteroatoms. The Hall–Kier alpha value is -0.490. The lowest BCUT2D eigenvalue weighted by molar-refractivity contribution is 0.265. The zero-order valence-electron chi connectivity index (χ0n) is 11.9. The average molecular weight is 265 g/mol. The first kappa shape index (κ1) is 13.9. The van der Waals surface area contributed by atoms with Gasteiger partial charge in [-0.3, -0.25) is 0 Å². The molecule has 3 unspecified atom stereocenters. The van der Waals surface area contributed by atoms with Crippen LogP contribution in [0.4, 0.5) is 0 Å². The van der Waals surface area contributed by atoms with Crippen molar-refractivity contribution in [2.24, 2.45) is 11.8 Å². The molecule has 0 bridgehead atoms. The van der Waals surface area contributed by atoms with Crippen molar-refractivity contribution in [2.75, 3.05) is 0 Å². The molecular weight excluding hydrogens is 240 g/mol. The third-order valence-electron chi connectivity index (χ3n) is 4.35. The van der Waals surface area contributed by atoms with Crippen molar-refractivity contribution < 1.29 is 0 Å². The molecule has 0 aromatic heterocycles. The Bertz CT molecular complexity index is 376. The van der Waals surface area contributed by atoms with E-state index in [4.69, 9.17) is 11.6 Å². The van der Waals surface area contributed by atoms with Crippen LogP contribution in [0.15, 0.2) is 18.2 Å². The summed E-state index contributed by atoms with van der Waals surface area (Å²) >= 11 is 6.53. The standard InChI is InChI=1S/C17H25Cl/c1-4-14-5-6-17(18)16(10-14)11-15-8-12(2)7-13(3)9-15/h7-9,14,16-17H,4-6,10-11H2,1-3H3. The van der Waals surface area contributed by atoms with Crippen molar-refractivity contribution in [3.63, 3.8) is 0 Å². The van der Waals surface area contributed by atoms with Crippen LogP contribution < -0.4 is 0 Å². The molecule has 3 atom stereocenters. The van der Waals surface area contributed by atoms with Crippen molar-refractivity contribution in [1.29, 1.82) is 0 Å². The number of aryl methyl sites for hydroxylation is 2. The predicted molar refractivity (Wildman–Crippen MR) is 80.4 cm³/mol. The van der Waals surface area contributed by atoms with Crippen molar-refractivity contribution in [3.8, 4) is 0 Å². The highest BCUT2D eigenvalue weighted by Gasteiger charge is 2.28. The van der Waals surface area contributed by atoms with Gasteiger partial charge in [0, 0.05) is 5.38 Å². The van der Waals surface area contributed by atoms with E-state index in [1.54, 1.807) is 0 Å². The van der Waals surface area contributed by atoms with Gasteiger partial charge in [0.05, 0.1) is 0 Å². The Morgan fingerprint density at radius 2 is 1.78 bits per heavy atom. The summed E-state index contributed by atoms with van der Waals surface area (Å²) in [6, 6.07) is 6.90. The van der Waals surface area contributed by atoms with E-state index in [1.165, 1.54) is 42.4 Å². The van der Waals surface area contributed by atoms with Gasteiger partial charge in [-0.05, 0) is 56.9 Å². The minimum absolute atomic E-state index is 0.383. The molecular formula is C17H25Cl. The number of benzene rings is 1. The summed E-state index contributed by atoms with van der Waals surface area (Å²) in [5.74, 6) is 1.57. The molecule has 1 aliphatic rings. The number of alkyl halides is 1. The Labute approximate surface area is 117 Å². The largest absolute Gasteiger partial charge is 0.123 e. The topological polar surface area (TPSA) is 0 Å². The van der Waals surface area contributed by atoms with E-state index in [-0.39, 0.29) is 0 Å². The van der Waals surface area contributed by atoms with Gasteiger partial charge in [0.2, 0.25) is 0 Å². The number of hydrogen-bond acceptors (Lipinski definition) is 0. The molecule has 0 N–H and O–H groups in total. The van der Waals surface area contributed by atoms with Crippen LogP contribution in [0.2, 0.25) is 0 Å². The van der Waals surface area contributed by atoms with E-state index in [0.29, 0.717) is 11.3 Å². The summed E-state index contributed by atoms with van der Waals surface area (Å²) in [6.07, 6.45) is 6.32. The molecule has 2 rings (SSSR count). The molecule has 1 aromatic carbocycles. The quantitative estimate of drug-likeness (QED) is 0.652. The lowest BCUT2D eigenvalue weighted by atomic mass is 9.77. The fourth-order valence-electron chi connectivity index (χ4n) is 3.40. The lowest BCUT2D eigenvalue weighted by Crippen LogP contribution is -2.26. The second-order valence-corrected chi connectivity index (χ2v) is 6.62. The van der Waals surface area contributed by atoms with Crippen LogP contribution in [0.5, 0.6) is 0 Å². The highest BCUT2D eigenvalue weighted by atomic mass is 35.5. The van der Waals surface area contributed by atoms with Gasteiger partial charge in [-0.25, -0.2) is 0 Å². The zero-order valence-corrected chi connectivity index (χ0v) is 12.6. The van der Waals surface area contributed by atoms with Crippen LogP contribution in [0, 0.1) is 25.7 Å². The van der Waals surface area contributed by atoms with Crippen molar-refractivity contribution >= 4 is 11.6 Å². The van der Waals surface area contributed by atoms with Crippen molar-refractivity contribution in [1.82, 2.24) is 0 Å². The monoisotopic (exact) mass is 264 g/mol.